The summed E-state index contributed by atoms with van der Waals surface area (Å²) >= 11 is 4.93. The van der Waals surface area contributed by atoms with Gasteiger partial charge in [0.1, 0.15) is 11.4 Å². The fourth-order valence-electron chi connectivity index (χ4n) is 3.81. The molecule has 0 spiro atoms. The highest BCUT2D eigenvalue weighted by molar-refractivity contribution is 9.10. The van der Waals surface area contributed by atoms with E-state index >= 15 is 0 Å². The summed E-state index contributed by atoms with van der Waals surface area (Å²) in [6, 6.07) is 13.5. The van der Waals surface area contributed by atoms with Crippen LogP contribution in [0.25, 0.3) is 21.3 Å². The van der Waals surface area contributed by atoms with Gasteiger partial charge in [-0.2, -0.15) is 0 Å². The zero-order valence-electron chi connectivity index (χ0n) is 19.1. The van der Waals surface area contributed by atoms with Gasteiger partial charge in [-0.3, -0.25) is 14.2 Å². The highest BCUT2D eigenvalue weighted by Gasteiger charge is 2.18. The van der Waals surface area contributed by atoms with Crippen LogP contribution in [0.15, 0.2) is 58.1 Å². The molecule has 7 nitrogen and oxygen atoms in total. The molecule has 34 heavy (non-hydrogen) atoms. The second-order valence-corrected chi connectivity index (χ2v) is 9.81. The predicted octanol–water partition coefficient (Wildman–Crippen LogP) is 4.57. The summed E-state index contributed by atoms with van der Waals surface area (Å²) in [5.41, 5.74) is 2.60. The van der Waals surface area contributed by atoms with Crippen molar-refractivity contribution in [2.75, 3.05) is 20.8 Å². The van der Waals surface area contributed by atoms with Crippen LogP contribution in [-0.4, -0.2) is 36.2 Å². The summed E-state index contributed by atoms with van der Waals surface area (Å²) in [6.07, 6.45) is 2.07. The van der Waals surface area contributed by atoms with E-state index in [-0.39, 0.29) is 18.0 Å². The number of hydrogen-bond donors (Lipinski definition) is 1. The number of carbonyl (C=O) groups excluding carboxylic acids is 1. The Labute approximate surface area is 209 Å². The van der Waals surface area contributed by atoms with E-state index in [1.165, 1.54) is 22.2 Å². The van der Waals surface area contributed by atoms with Gasteiger partial charge in [0.2, 0.25) is 5.91 Å². The SMILES string of the molecule is COc1ccc(CCNC(=O)Cn2cnc3sc(C)c(-c4ccc(Br)cc4)c3c2=O)cc1OC. The maximum absolute atomic E-state index is 13.3. The van der Waals surface area contributed by atoms with Gasteiger partial charge in [-0.1, -0.05) is 34.1 Å². The first-order valence-corrected chi connectivity index (χ1v) is 12.2. The third-order valence-corrected chi connectivity index (χ3v) is 7.03. The minimum atomic E-state index is -0.249. The molecule has 4 rings (SSSR count). The molecule has 0 aliphatic carbocycles. The topological polar surface area (TPSA) is 82.5 Å². The molecular formula is C25H24BrN3O4S. The molecule has 1 N–H and O–H groups in total. The minimum Gasteiger partial charge on any atom is -0.493 e. The first kappa shape index (κ1) is 24.0. The zero-order valence-corrected chi connectivity index (χ0v) is 21.5. The Bertz CT molecular complexity index is 1400. The largest absolute Gasteiger partial charge is 0.493 e. The monoisotopic (exact) mass is 541 g/mol. The van der Waals surface area contributed by atoms with Crippen LogP contribution in [0.1, 0.15) is 10.4 Å². The lowest BCUT2D eigenvalue weighted by atomic mass is 10.0. The number of carbonyl (C=O) groups is 1. The van der Waals surface area contributed by atoms with E-state index in [0.717, 1.165) is 26.0 Å². The number of hydrogen-bond acceptors (Lipinski definition) is 6. The Balaban J connectivity index is 1.48. The van der Waals surface area contributed by atoms with Crippen molar-refractivity contribution in [2.24, 2.45) is 0 Å². The fraction of sp³-hybridized carbons (Fsp3) is 0.240. The van der Waals surface area contributed by atoms with Crippen molar-refractivity contribution in [3.63, 3.8) is 0 Å². The summed E-state index contributed by atoms with van der Waals surface area (Å²) in [5, 5.41) is 3.42. The van der Waals surface area contributed by atoms with Crippen molar-refractivity contribution in [3.05, 3.63) is 74.1 Å². The van der Waals surface area contributed by atoms with E-state index in [4.69, 9.17) is 9.47 Å². The molecule has 0 radical (unpaired) electrons. The van der Waals surface area contributed by atoms with Crippen LogP contribution in [0, 0.1) is 6.92 Å². The van der Waals surface area contributed by atoms with E-state index in [2.05, 4.69) is 26.2 Å². The average Bonchev–Trinajstić information content (AvgIpc) is 3.18. The minimum absolute atomic E-state index is 0.0949. The number of nitrogens with zero attached hydrogens (tertiary/aromatic N) is 2. The summed E-state index contributed by atoms with van der Waals surface area (Å²) < 4.78 is 12.9. The Kier molecular flexibility index (Phi) is 7.33. The summed E-state index contributed by atoms with van der Waals surface area (Å²) in [5.74, 6) is 1.05. The van der Waals surface area contributed by atoms with E-state index in [1.54, 1.807) is 14.2 Å². The lowest BCUT2D eigenvalue weighted by Gasteiger charge is -2.10. The Morgan fingerprint density at radius 1 is 1.12 bits per heavy atom. The molecule has 2 aromatic heterocycles. The molecule has 2 heterocycles. The zero-order chi connectivity index (χ0) is 24.2. The van der Waals surface area contributed by atoms with Gasteiger partial charge >= 0.3 is 0 Å². The van der Waals surface area contributed by atoms with Crippen molar-refractivity contribution >= 4 is 43.4 Å². The maximum Gasteiger partial charge on any atom is 0.263 e. The van der Waals surface area contributed by atoms with Gasteiger partial charge in [-0.15, -0.1) is 11.3 Å². The van der Waals surface area contributed by atoms with E-state index in [1.807, 2.05) is 49.4 Å². The van der Waals surface area contributed by atoms with Crippen LogP contribution < -0.4 is 20.3 Å². The molecule has 4 aromatic rings. The Hall–Kier alpha value is -3.17. The van der Waals surface area contributed by atoms with Gasteiger partial charge in [0.15, 0.2) is 11.5 Å². The van der Waals surface area contributed by atoms with Gasteiger partial charge in [0, 0.05) is 21.5 Å². The second-order valence-electron chi connectivity index (χ2n) is 7.69. The van der Waals surface area contributed by atoms with Gasteiger partial charge in [-0.05, 0) is 48.7 Å². The van der Waals surface area contributed by atoms with Gasteiger partial charge in [0.25, 0.3) is 5.56 Å². The normalized spacial score (nSPS) is 10.9. The molecule has 0 aliphatic rings. The van der Waals surface area contributed by atoms with E-state index < -0.39 is 0 Å². The number of amides is 1. The third-order valence-electron chi connectivity index (χ3n) is 5.49. The van der Waals surface area contributed by atoms with Crippen LogP contribution in [-0.2, 0) is 17.8 Å². The molecule has 0 atom stereocenters. The fourth-order valence-corrected chi connectivity index (χ4v) is 5.07. The molecule has 0 saturated carbocycles. The van der Waals surface area contributed by atoms with Crippen molar-refractivity contribution in [1.29, 1.82) is 0 Å². The summed E-state index contributed by atoms with van der Waals surface area (Å²) in [6.45, 7) is 2.32. The Morgan fingerprint density at radius 3 is 2.56 bits per heavy atom. The lowest BCUT2D eigenvalue weighted by molar-refractivity contribution is -0.121. The van der Waals surface area contributed by atoms with E-state index in [9.17, 15) is 9.59 Å². The molecule has 0 saturated heterocycles. The Morgan fingerprint density at radius 2 is 1.85 bits per heavy atom. The molecule has 176 valence electrons. The van der Waals surface area contributed by atoms with Crippen LogP contribution in [0.3, 0.4) is 0 Å². The van der Waals surface area contributed by atoms with Crippen molar-refractivity contribution < 1.29 is 14.3 Å². The molecule has 2 aromatic carbocycles. The average molecular weight is 542 g/mol. The first-order chi connectivity index (χ1) is 16.4. The van der Waals surface area contributed by atoms with Gasteiger partial charge < -0.3 is 14.8 Å². The number of rotatable bonds is 8. The molecule has 0 aliphatic heterocycles. The number of ether oxygens (including phenoxy) is 2. The number of aryl methyl sites for hydroxylation is 1. The maximum atomic E-state index is 13.3. The van der Waals surface area contributed by atoms with Crippen LogP contribution in [0.4, 0.5) is 0 Å². The first-order valence-electron chi connectivity index (χ1n) is 10.6. The van der Waals surface area contributed by atoms with Crippen LogP contribution in [0.2, 0.25) is 0 Å². The number of nitrogens with one attached hydrogen (secondary N) is 1. The second kappa shape index (κ2) is 10.4. The highest BCUT2D eigenvalue weighted by atomic mass is 79.9. The number of halogens is 1. The third kappa shape index (κ3) is 5.00. The van der Waals surface area contributed by atoms with Crippen molar-refractivity contribution in [2.45, 2.75) is 19.9 Å². The summed E-state index contributed by atoms with van der Waals surface area (Å²) in [4.78, 5) is 32.0. The lowest BCUT2D eigenvalue weighted by Crippen LogP contribution is -2.33. The van der Waals surface area contributed by atoms with Gasteiger partial charge in [0.05, 0.1) is 25.9 Å². The molecule has 0 fully saturated rings. The number of benzene rings is 2. The standard InChI is InChI=1S/C25H24BrN3O4S/c1-15-22(17-5-7-18(26)8-6-17)23-24(34-15)28-14-29(25(23)31)13-21(30)27-11-10-16-4-9-19(32-2)20(12-16)33-3/h4-9,12,14H,10-11,13H2,1-3H3,(H,27,30). The van der Waals surface area contributed by atoms with E-state index in [0.29, 0.717) is 34.7 Å². The highest BCUT2D eigenvalue weighted by Crippen LogP contribution is 2.35. The number of fused-ring (bicyclic) bond motifs is 1. The number of methoxy groups -OCH3 is 2. The quantitative estimate of drug-likeness (QED) is 0.353. The number of thiophene rings is 1. The molecule has 9 heteroatoms. The predicted molar refractivity (Wildman–Crippen MR) is 138 cm³/mol. The van der Waals surface area contributed by atoms with Crippen molar-refractivity contribution in [3.8, 4) is 22.6 Å². The molecule has 0 bridgehead atoms. The molecular weight excluding hydrogens is 518 g/mol. The molecule has 0 unspecified atom stereocenters. The smallest absolute Gasteiger partial charge is 0.263 e. The van der Waals surface area contributed by atoms with Crippen molar-refractivity contribution in [1.82, 2.24) is 14.9 Å². The van der Waals surface area contributed by atoms with Crippen LogP contribution in [0.5, 0.6) is 11.5 Å². The molecule has 1 amide bonds. The van der Waals surface area contributed by atoms with Gasteiger partial charge in [-0.25, -0.2) is 4.98 Å². The number of aromatic nitrogens is 2. The van der Waals surface area contributed by atoms with Crippen LogP contribution >= 0.6 is 27.3 Å². The summed E-state index contributed by atoms with van der Waals surface area (Å²) in [7, 11) is 3.17.